The Morgan fingerprint density at radius 2 is 2.06 bits per heavy atom. The predicted molar refractivity (Wildman–Crippen MR) is 64.3 cm³/mol. The van der Waals surface area contributed by atoms with Gasteiger partial charge in [-0.25, -0.2) is 0 Å². The maximum atomic E-state index is 12.8. The molecule has 100 valence electrons. The monoisotopic (exact) mass is 259 g/mol. The molecule has 0 aromatic heterocycles. The van der Waals surface area contributed by atoms with E-state index in [0.717, 1.165) is 11.6 Å². The number of halogens is 3. The summed E-state index contributed by atoms with van der Waals surface area (Å²) in [5.74, 6) is -0.166. The fraction of sp³-hybridized carbons (Fsp3) is 0.385. The minimum absolute atomic E-state index is 0.0646. The highest BCUT2D eigenvalue weighted by Gasteiger charge is 2.34. The molecular weight excluding hydrogens is 243 g/mol. The third kappa shape index (κ3) is 4.07. The van der Waals surface area contributed by atoms with E-state index >= 15 is 0 Å². The second-order valence-electron chi connectivity index (χ2n) is 4.09. The zero-order chi connectivity index (χ0) is 13.8. The Morgan fingerprint density at radius 1 is 1.39 bits per heavy atom. The summed E-state index contributed by atoms with van der Waals surface area (Å²) in [6.45, 7) is 5.71. The number of benzene rings is 1. The van der Waals surface area contributed by atoms with Gasteiger partial charge in [0, 0.05) is 13.0 Å². The topological polar surface area (TPSA) is 35.2 Å². The van der Waals surface area contributed by atoms with Gasteiger partial charge in [0.2, 0.25) is 0 Å². The smallest absolute Gasteiger partial charge is 0.419 e. The molecule has 0 bridgehead atoms. The number of ether oxygens (including phenoxy) is 1. The second kappa shape index (κ2) is 5.91. The van der Waals surface area contributed by atoms with Crippen LogP contribution in [0.2, 0.25) is 0 Å². The van der Waals surface area contributed by atoms with E-state index in [1.807, 2.05) is 0 Å². The Labute approximate surface area is 104 Å². The number of alkyl halides is 3. The highest BCUT2D eigenvalue weighted by Crippen LogP contribution is 2.36. The zero-order valence-corrected chi connectivity index (χ0v) is 10.2. The first kappa shape index (κ1) is 14.6. The van der Waals surface area contributed by atoms with Gasteiger partial charge in [0.1, 0.15) is 5.75 Å². The van der Waals surface area contributed by atoms with E-state index in [9.17, 15) is 13.2 Å². The minimum Gasteiger partial charge on any atom is -0.493 e. The van der Waals surface area contributed by atoms with Gasteiger partial charge in [-0.2, -0.15) is 13.2 Å². The lowest BCUT2D eigenvalue weighted by Crippen LogP contribution is -2.11. The van der Waals surface area contributed by atoms with Crippen molar-refractivity contribution in [1.29, 1.82) is 0 Å². The van der Waals surface area contributed by atoms with E-state index < -0.39 is 11.7 Å². The summed E-state index contributed by atoms with van der Waals surface area (Å²) in [5.41, 5.74) is 5.84. The van der Waals surface area contributed by atoms with Gasteiger partial charge in [0.25, 0.3) is 0 Å². The molecule has 5 heteroatoms. The average Bonchev–Trinajstić information content (AvgIpc) is 2.27. The molecule has 0 saturated heterocycles. The van der Waals surface area contributed by atoms with Crippen molar-refractivity contribution < 1.29 is 17.9 Å². The van der Waals surface area contributed by atoms with Gasteiger partial charge in [0.15, 0.2) is 0 Å². The van der Waals surface area contributed by atoms with Crippen LogP contribution in [0.1, 0.15) is 24.5 Å². The Hall–Kier alpha value is -1.49. The van der Waals surface area contributed by atoms with E-state index in [-0.39, 0.29) is 18.9 Å². The molecule has 1 rings (SSSR count). The van der Waals surface area contributed by atoms with Crippen molar-refractivity contribution in [3.05, 3.63) is 41.5 Å². The SMILES string of the molecule is C=C(C)CCOc1ccc(CN)cc1C(F)(F)F. The highest BCUT2D eigenvalue weighted by atomic mass is 19.4. The van der Waals surface area contributed by atoms with E-state index in [4.69, 9.17) is 10.5 Å². The van der Waals surface area contributed by atoms with Crippen LogP contribution in [-0.2, 0) is 12.7 Å². The standard InChI is InChI=1S/C13H16F3NO/c1-9(2)5-6-18-12-4-3-10(8-17)7-11(12)13(14,15)16/h3-4,7H,1,5-6,8,17H2,2H3. The Bertz CT molecular complexity index is 427. The van der Waals surface area contributed by atoms with Crippen molar-refractivity contribution in [2.24, 2.45) is 5.73 Å². The Balaban J connectivity index is 2.92. The molecule has 0 heterocycles. The quantitative estimate of drug-likeness (QED) is 0.821. The van der Waals surface area contributed by atoms with Crippen molar-refractivity contribution in [2.45, 2.75) is 26.1 Å². The Kier molecular flexibility index (Phi) is 4.78. The first-order chi connectivity index (χ1) is 8.34. The van der Waals surface area contributed by atoms with Crippen molar-refractivity contribution in [3.63, 3.8) is 0 Å². The molecule has 18 heavy (non-hydrogen) atoms. The number of hydrogen-bond donors (Lipinski definition) is 1. The fourth-order valence-corrected chi connectivity index (χ4v) is 1.39. The maximum Gasteiger partial charge on any atom is 0.419 e. The Morgan fingerprint density at radius 3 is 2.56 bits per heavy atom. The van der Waals surface area contributed by atoms with Crippen LogP contribution in [-0.4, -0.2) is 6.61 Å². The largest absolute Gasteiger partial charge is 0.493 e. The molecular formula is C13H16F3NO. The molecule has 0 amide bonds. The molecule has 0 fully saturated rings. The van der Waals surface area contributed by atoms with E-state index in [2.05, 4.69) is 6.58 Å². The zero-order valence-electron chi connectivity index (χ0n) is 10.2. The molecule has 0 aliphatic carbocycles. The summed E-state index contributed by atoms with van der Waals surface area (Å²) in [5, 5.41) is 0. The molecule has 2 N–H and O–H groups in total. The van der Waals surface area contributed by atoms with Crippen molar-refractivity contribution in [2.75, 3.05) is 6.61 Å². The van der Waals surface area contributed by atoms with Gasteiger partial charge < -0.3 is 10.5 Å². The van der Waals surface area contributed by atoms with Crippen molar-refractivity contribution in [3.8, 4) is 5.75 Å². The van der Waals surface area contributed by atoms with Gasteiger partial charge in [-0.1, -0.05) is 11.6 Å². The number of nitrogens with two attached hydrogens (primary N) is 1. The van der Waals surface area contributed by atoms with Crippen LogP contribution < -0.4 is 10.5 Å². The van der Waals surface area contributed by atoms with Crippen LogP contribution in [0.5, 0.6) is 5.75 Å². The fourth-order valence-electron chi connectivity index (χ4n) is 1.39. The third-order valence-electron chi connectivity index (χ3n) is 2.37. The van der Waals surface area contributed by atoms with Crippen molar-refractivity contribution >= 4 is 0 Å². The summed E-state index contributed by atoms with van der Waals surface area (Å²) in [7, 11) is 0. The summed E-state index contributed by atoms with van der Waals surface area (Å²) in [6.07, 6.45) is -3.92. The van der Waals surface area contributed by atoms with Crippen LogP contribution in [0.4, 0.5) is 13.2 Å². The van der Waals surface area contributed by atoms with Crippen molar-refractivity contribution in [1.82, 2.24) is 0 Å². The van der Waals surface area contributed by atoms with E-state index in [0.29, 0.717) is 12.0 Å². The molecule has 1 aromatic rings. The summed E-state index contributed by atoms with van der Waals surface area (Å²) in [6, 6.07) is 3.87. The van der Waals surface area contributed by atoms with Crippen LogP contribution in [0.25, 0.3) is 0 Å². The van der Waals surface area contributed by atoms with Gasteiger partial charge in [-0.05, 0) is 24.6 Å². The molecule has 2 nitrogen and oxygen atoms in total. The molecule has 0 aliphatic rings. The summed E-state index contributed by atoms with van der Waals surface area (Å²) >= 11 is 0. The van der Waals surface area contributed by atoms with Gasteiger partial charge in [-0.3, -0.25) is 0 Å². The summed E-state index contributed by atoms with van der Waals surface area (Å²) in [4.78, 5) is 0. The molecule has 0 radical (unpaired) electrons. The normalized spacial score (nSPS) is 11.4. The lowest BCUT2D eigenvalue weighted by molar-refractivity contribution is -0.139. The lowest BCUT2D eigenvalue weighted by atomic mass is 10.1. The molecule has 0 spiro atoms. The molecule has 0 unspecified atom stereocenters. The van der Waals surface area contributed by atoms with Crippen LogP contribution >= 0.6 is 0 Å². The lowest BCUT2D eigenvalue weighted by Gasteiger charge is -2.15. The first-order valence-corrected chi connectivity index (χ1v) is 5.52. The molecule has 1 aromatic carbocycles. The maximum absolute atomic E-state index is 12.8. The van der Waals surface area contributed by atoms with Gasteiger partial charge >= 0.3 is 6.18 Å². The van der Waals surface area contributed by atoms with Crippen LogP contribution in [0, 0.1) is 0 Å². The average molecular weight is 259 g/mol. The molecule has 0 aliphatic heterocycles. The second-order valence-corrected chi connectivity index (χ2v) is 4.09. The number of rotatable bonds is 5. The van der Waals surface area contributed by atoms with Crippen LogP contribution in [0.3, 0.4) is 0 Å². The van der Waals surface area contributed by atoms with E-state index in [1.54, 1.807) is 6.92 Å². The number of hydrogen-bond acceptors (Lipinski definition) is 2. The van der Waals surface area contributed by atoms with Gasteiger partial charge in [0.05, 0.1) is 12.2 Å². The highest BCUT2D eigenvalue weighted by molar-refractivity contribution is 5.39. The van der Waals surface area contributed by atoms with Gasteiger partial charge in [-0.15, -0.1) is 6.58 Å². The third-order valence-corrected chi connectivity index (χ3v) is 2.37. The van der Waals surface area contributed by atoms with Crippen LogP contribution in [0.15, 0.2) is 30.4 Å². The summed E-state index contributed by atoms with van der Waals surface area (Å²) < 4.78 is 43.6. The predicted octanol–water partition coefficient (Wildman–Crippen LogP) is 3.51. The minimum atomic E-state index is -4.44. The molecule has 0 saturated carbocycles. The molecule has 0 atom stereocenters. The van der Waals surface area contributed by atoms with E-state index in [1.165, 1.54) is 12.1 Å². The first-order valence-electron chi connectivity index (χ1n) is 5.52.